The molecule has 30 heavy (non-hydrogen) atoms. The number of amides is 1. The summed E-state index contributed by atoms with van der Waals surface area (Å²) in [6, 6.07) is 1.98. The third-order valence-electron chi connectivity index (χ3n) is 6.23. The SMILES string of the molecule is CCC(CCC(C)C(=O)N1CCc2ncc(C(F)(F)F)cc2C1)NC1CCOCC1. The molecule has 3 heterocycles. The Morgan fingerprint density at radius 1 is 1.33 bits per heavy atom. The smallest absolute Gasteiger partial charge is 0.381 e. The highest BCUT2D eigenvalue weighted by Crippen LogP contribution is 2.31. The van der Waals surface area contributed by atoms with Crippen molar-refractivity contribution in [3.8, 4) is 0 Å². The summed E-state index contributed by atoms with van der Waals surface area (Å²) in [4.78, 5) is 18.6. The molecular formula is C22H32F3N3O2. The van der Waals surface area contributed by atoms with Gasteiger partial charge in [0.1, 0.15) is 0 Å². The third-order valence-corrected chi connectivity index (χ3v) is 6.23. The van der Waals surface area contributed by atoms with Crippen LogP contribution in [0, 0.1) is 5.92 Å². The Morgan fingerprint density at radius 3 is 2.73 bits per heavy atom. The van der Waals surface area contributed by atoms with E-state index in [0.29, 0.717) is 36.3 Å². The van der Waals surface area contributed by atoms with Crippen molar-refractivity contribution in [2.75, 3.05) is 19.8 Å². The summed E-state index contributed by atoms with van der Waals surface area (Å²) >= 11 is 0. The quantitative estimate of drug-likeness (QED) is 0.716. The molecule has 1 fully saturated rings. The van der Waals surface area contributed by atoms with Gasteiger partial charge < -0.3 is 15.0 Å². The predicted molar refractivity (Wildman–Crippen MR) is 108 cm³/mol. The molecule has 0 spiro atoms. The zero-order valence-electron chi connectivity index (χ0n) is 17.8. The maximum absolute atomic E-state index is 13.0. The van der Waals surface area contributed by atoms with Gasteiger partial charge in [0.25, 0.3) is 0 Å². The van der Waals surface area contributed by atoms with Crippen molar-refractivity contribution >= 4 is 5.91 Å². The predicted octanol–water partition coefficient (Wildman–Crippen LogP) is 3.95. The molecule has 1 saturated heterocycles. The standard InChI is InChI=1S/C22H32F3N3O2/c1-3-18(27-19-7-10-30-11-8-19)5-4-15(2)21(29)28-9-6-20-16(14-28)12-17(13-26-20)22(23,24)25/h12-13,15,18-19,27H,3-11,14H2,1-2H3. The molecule has 2 aliphatic rings. The molecule has 0 aliphatic carbocycles. The molecule has 2 aliphatic heterocycles. The number of ether oxygens (including phenoxy) is 1. The van der Waals surface area contributed by atoms with Gasteiger partial charge in [-0.15, -0.1) is 0 Å². The number of halogens is 3. The number of aromatic nitrogens is 1. The molecule has 5 nitrogen and oxygen atoms in total. The summed E-state index contributed by atoms with van der Waals surface area (Å²) in [6.45, 7) is 6.37. The van der Waals surface area contributed by atoms with Crippen molar-refractivity contribution in [3.63, 3.8) is 0 Å². The number of carbonyl (C=O) groups excluding carboxylic acids is 1. The molecule has 1 aromatic rings. The summed E-state index contributed by atoms with van der Waals surface area (Å²) in [6.07, 6.45) is 1.67. The van der Waals surface area contributed by atoms with Gasteiger partial charge >= 0.3 is 6.18 Å². The first-order chi connectivity index (χ1) is 14.3. The second kappa shape index (κ2) is 10.1. The lowest BCUT2D eigenvalue weighted by atomic mass is 9.96. The Labute approximate surface area is 176 Å². The van der Waals surface area contributed by atoms with E-state index in [2.05, 4.69) is 17.2 Å². The molecule has 2 unspecified atom stereocenters. The maximum atomic E-state index is 13.0. The third kappa shape index (κ3) is 5.94. The second-order valence-corrected chi connectivity index (χ2v) is 8.47. The van der Waals surface area contributed by atoms with Crippen molar-refractivity contribution in [3.05, 3.63) is 29.1 Å². The molecule has 168 valence electrons. The van der Waals surface area contributed by atoms with Crippen LogP contribution in [0.2, 0.25) is 0 Å². The van der Waals surface area contributed by atoms with E-state index in [1.807, 2.05) is 6.92 Å². The van der Waals surface area contributed by atoms with Crippen molar-refractivity contribution in [1.29, 1.82) is 0 Å². The van der Waals surface area contributed by atoms with Gasteiger partial charge in [0.2, 0.25) is 5.91 Å². The van der Waals surface area contributed by atoms with Crippen LogP contribution in [0.1, 0.15) is 62.8 Å². The van der Waals surface area contributed by atoms with Gasteiger partial charge in [-0.25, -0.2) is 0 Å². The van der Waals surface area contributed by atoms with E-state index < -0.39 is 11.7 Å². The van der Waals surface area contributed by atoms with Crippen molar-refractivity contribution in [1.82, 2.24) is 15.2 Å². The van der Waals surface area contributed by atoms with Crippen LogP contribution >= 0.6 is 0 Å². The fraction of sp³-hybridized carbons (Fsp3) is 0.727. The Kier molecular flexibility index (Phi) is 7.74. The van der Waals surface area contributed by atoms with Crippen molar-refractivity contribution < 1.29 is 22.7 Å². The lowest BCUT2D eigenvalue weighted by molar-refractivity contribution is -0.137. The summed E-state index contributed by atoms with van der Waals surface area (Å²) in [5.41, 5.74) is 0.407. The van der Waals surface area contributed by atoms with E-state index in [9.17, 15) is 18.0 Å². The largest absolute Gasteiger partial charge is 0.417 e. The summed E-state index contributed by atoms with van der Waals surface area (Å²) in [7, 11) is 0. The minimum Gasteiger partial charge on any atom is -0.381 e. The van der Waals surface area contributed by atoms with E-state index >= 15 is 0 Å². The van der Waals surface area contributed by atoms with Gasteiger partial charge in [0.05, 0.1) is 5.56 Å². The van der Waals surface area contributed by atoms with Gasteiger partial charge in [-0.2, -0.15) is 13.2 Å². The molecule has 0 radical (unpaired) electrons. The molecule has 0 aromatic carbocycles. The van der Waals surface area contributed by atoms with Crippen LogP contribution in [-0.2, 0) is 28.7 Å². The first-order valence-electron chi connectivity index (χ1n) is 11.0. The normalized spacial score (nSPS) is 20.0. The first-order valence-corrected chi connectivity index (χ1v) is 11.0. The summed E-state index contributed by atoms with van der Waals surface area (Å²) < 4.78 is 44.4. The molecule has 2 atom stereocenters. The zero-order valence-corrected chi connectivity index (χ0v) is 17.8. The zero-order chi connectivity index (χ0) is 21.7. The second-order valence-electron chi connectivity index (χ2n) is 8.47. The van der Waals surface area contributed by atoms with Gasteiger partial charge in [0.15, 0.2) is 0 Å². The van der Waals surface area contributed by atoms with Crippen LogP contribution in [0.15, 0.2) is 12.3 Å². The Bertz CT molecular complexity index is 720. The molecule has 0 saturated carbocycles. The number of hydrogen-bond donors (Lipinski definition) is 1. The number of hydrogen-bond acceptors (Lipinski definition) is 4. The number of nitrogens with one attached hydrogen (secondary N) is 1. The van der Waals surface area contributed by atoms with E-state index in [1.54, 1.807) is 4.90 Å². The molecule has 1 N–H and O–H groups in total. The van der Waals surface area contributed by atoms with Crippen molar-refractivity contribution in [2.45, 2.75) is 77.2 Å². The number of pyridine rings is 1. The number of rotatable bonds is 7. The Hall–Kier alpha value is -1.67. The number of fused-ring (bicyclic) bond motifs is 1. The van der Waals surface area contributed by atoms with Crippen LogP contribution in [0.25, 0.3) is 0 Å². The lowest BCUT2D eigenvalue weighted by Crippen LogP contribution is -2.42. The number of nitrogens with zero attached hydrogens (tertiary/aromatic N) is 2. The van der Waals surface area contributed by atoms with Gasteiger partial charge in [-0.1, -0.05) is 13.8 Å². The van der Waals surface area contributed by atoms with Gasteiger partial charge in [-0.05, 0) is 43.7 Å². The highest BCUT2D eigenvalue weighted by atomic mass is 19.4. The lowest BCUT2D eigenvalue weighted by Gasteiger charge is -2.32. The van der Waals surface area contributed by atoms with E-state index in [0.717, 1.165) is 57.6 Å². The molecular weight excluding hydrogens is 395 g/mol. The average molecular weight is 428 g/mol. The van der Waals surface area contributed by atoms with Crippen molar-refractivity contribution in [2.24, 2.45) is 5.92 Å². The Morgan fingerprint density at radius 2 is 2.07 bits per heavy atom. The van der Waals surface area contributed by atoms with Crippen LogP contribution in [0.5, 0.6) is 0 Å². The van der Waals surface area contributed by atoms with Gasteiger partial charge in [0, 0.05) is 62.6 Å². The molecule has 8 heteroatoms. The first kappa shape index (κ1) is 23.0. The van der Waals surface area contributed by atoms with Gasteiger partial charge in [-0.3, -0.25) is 9.78 Å². The molecule has 1 amide bonds. The monoisotopic (exact) mass is 427 g/mol. The van der Waals surface area contributed by atoms with Crippen LogP contribution in [0.3, 0.4) is 0 Å². The fourth-order valence-electron chi connectivity index (χ4n) is 4.26. The number of carbonyl (C=O) groups is 1. The van der Waals surface area contributed by atoms with Crippen LogP contribution in [0.4, 0.5) is 13.2 Å². The maximum Gasteiger partial charge on any atom is 0.417 e. The molecule has 1 aromatic heterocycles. The molecule has 0 bridgehead atoms. The summed E-state index contributed by atoms with van der Waals surface area (Å²) in [5, 5.41) is 3.69. The van der Waals surface area contributed by atoms with Crippen LogP contribution in [-0.4, -0.2) is 47.6 Å². The highest BCUT2D eigenvalue weighted by molar-refractivity contribution is 5.78. The summed E-state index contributed by atoms with van der Waals surface area (Å²) in [5.74, 6) is -0.144. The minimum atomic E-state index is -4.42. The highest BCUT2D eigenvalue weighted by Gasteiger charge is 2.33. The minimum absolute atomic E-state index is 0.0129. The van der Waals surface area contributed by atoms with Crippen LogP contribution < -0.4 is 5.32 Å². The number of alkyl halides is 3. The topological polar surface area (TPSA) is 54.5 Å². The molecule has 3 rings (SSSR count). The fourth-order valence-corrected chi connectivity index (χ4v) is 4.26. The average Bonchev–Trinajstić information content (AvgIpc) is 2.75. The Balaban J connectivity index is 1.53. The van der Waals surface area contributed by atoms with E-state index in [-0.39, 0.29) is 18.4 Å². The van der Waals surface area contributed by atoms with E-state index in [1.165, 1.54) is 0 Å². The van der Waals surface area contributed by atoms with E-state index in [4.69, 9.17) is 4.74 Å².